The van der Waals surface area contributed by atoms with Gasteiger partial charge in [0.15, 0.2) is 0 Å². The number of carbonyl (C=O) groups is 1. The highest BCUT2D eigenvalue weighted by Gasteiger charge is 2.68. The molecule has 1 saturated carbocycles. The number of rotatable bonds is 2. The van der Waals surface area contributed by atoms with Crippen LogP contribution in [0.25, 0.3) is 0 Å². The summed E-state index contributed by atoms with van der Waals surface area (Å²) in [5, 5.41) is 12.2. The van der Waals surface area contributed by atoms with Crippen molar-refractivity contribution in [3.63, 3.8) is 0 Å². The van der Waals surface area contributed by atoms with Crippen molar-refractivity contribution in [3.05, 3.63) is 30.3 Å². The van der Waals surface area contributed by atoms with Crippen LogP contribution < -0.4 is 5.19 Å². The number of hydrogen-bond donors (Lipinski definition) is 1. The Morgan fingerprint density at radius 3 is 2.48 bits per heavy atom. The molecule has 1 saturated heterocycles. The standard InChI is InChI=1S/C17H24O3Si/c1-16(19)10-7-11-17(16)14(12-20-15(17)18)21(2,3)13-8-5-4-6-9-13/h4-6,8-9,14,19H,7,10-12H2,1-3H3/t14-,16?,17+/m0/s1. The van der Waals surface area contributed by atoms with Crippen LogP contribution in [0.3, 0.4) is 0 Å². The van der Waals surface area contributed by atoms with Gasteiger partial charge in [0.1, 0.15) is 5.41 Å². The number of carbonyl (C=O) groups excluding carboxylic acids is 1. The molecule has 2 fully saturated rings. The van der Waals surface area contributed by atoms with Gasteiger partial charge >= 0.3 is 5.97 Å². The fourth-order valence-corrected chi connectivity index (χ4v) is 8.30. The zero-order valence-electron chi connectivity index (χ0n) is 13.1. The summed E-state index contributed by atoms with van der Waals surface area (Å²) in [6.45, 7) is 6.88. The molecule has 1 aromatic rings. The van der Waals surface area contributed by atoms with Gasteiger partial charge in [-0.25, -0.2) is 0 Å². The molecule has 1 spiro atoms. The maximum absolute atomic E-state index is 12.5. The summed E-state index contributed by atoms with van der Waals surface area (Å²) in [5.41, 5.74) is -1.50. The number of hydrogen-bond acceptors (Lipinski definition) is 3. The van der Waals surface area contributed by atoms with Crippen molar-refractivity contribution in [2.75, 3.05) is 6.61 Å². The smallest absolute Gasteiger partial charge is 0.315 e. The van der Waals surface area contributed by atoms with Gasteiger partial charge in [0.05, 0.1) is 20.3 Å². The third-order valence-electron chi connectivity index (χ3n) is 5.92. The summed E-state index contributed by atoms with van der Waals surface area (Å²) in [7, 11) is -1.92. The second-order valence-corrected chi connectivity index (χ2v) is 12.1. The SMILES string of the molecule is CC1(O)CCC[C@@]12C(=O)OC[C@@H]2[Si](C)(C)c1ccccc1. The highest BCUT2D eigenvalue weighted by atomic mass is 28.3. The number of benzene rings is 1. The Labute approximate surface area is 127 Å². The summed E-state index contributed by atoms with van der Waals surface area (Å²) in [6, 6.07) is 10.5. The van der Waals surface area contributed by atoms with Crippen LogP contribution >= 0.6 is 0 Å². The molecular formula is C17H24O3Si. The van der Waals surface area contributed by atoms with Crippen LogP contribution in [0, 0.1) is 5.41 Å². The lowest BCUT2D eigenvalue weighted by atomic mass is 9.74. The van der Waals surface area contributed by atoms with Crippen LogP contribution in [0.4, 0.5) is 0 Å². The molecule has 0 radical (unpaired) electrons. The summed E-state index contributed by atoms with van der Waals surface area (Å²) in [4.78, 5) is 12.5. The first-order valence-electron chi connectivity index (χ1n) is 7.77. The van der Waals surface area contributed by atoms with Gasteiger partial charge in [-0.2, -0.15) is 0 Å². The van der Waals surface area contributed by atoms with E-state index in [1.54, 1.807) is 0 Å². The molecule has 1 heterocycles. The van der Waals surface area contributed by atoms with Gasteiger partial charge in [0.2, 0.25) is 0 Å². The van der Waals surface area contributed by atoms with Gasteiger partial charge < -0.3 is 9.84 Å². The Morgan fingerprint density at radius 1 is 1.24 bits per heavy atom. The van der Waals surface area contributed by atoms with Crippen LogP contribution in [0.5, 0.6) is 0 Å². The Morgan fingerprint density at radius 2 is 1.90 bits per heavy atom. The van der Waals surface area contributed by atoms with Gasteiger partial charge in [-0.05, 0) is 26.2 Å². The van der Waals surface area contributed by atoms with E-state index in [2.05, 4.69) is 37.4 Å². The summed E-state index contributed by atoms with van der Waals surface area (Å²) in [5.74, 6) is -0.175. The van der Waals surface area contributed by atoms with Crippen LogP contribution in [0.1, 0.15) is 26.2 Å². The Hall–Kier alpha value is -1.13. The van der Waals surface area contributed by atoms with Gasteiger partial charge in [0.25, 0.3) is 0 Å². The average Bonchev–Trinajstić information content (AvgIpc) is 2.94. The normalized spacial score (nSPS) is 36.2. The molecule has 4 heteroatoms. The zero-order valence-corrected chi connectivity index (χ0v) is 14.1. The van der Waals surface area contributed by atoms with Crippen LogP contribution in [0.15, 0.2) is 30.3 Å². The van der Waals surface area contributed by atoms with E-state index in [9.17, 15) is 9.90 Å². The predicted octanol–water partition coefficient (Wildman–Crippen LogP) is 2.45. The molecule has 2 aliphatic rings. The third kappa shape index (κ3) is 1.92. The topological polar surface area (TPSA) is 46.5 Å². The van der Waals surface area contributed by atoms with E-state index in [4.69, 9.17) is 4.74 Å². The number of cyclic esters (lactones) is 1. The van der Waals surface area contributed by atoms with Crippen molar-refractivity contribution < 1.29 is 14.6 Å². The molecule has 1 N–H and O–H groups in total. The molecular weight excluding hydrogens is 280 g/mol. The lowest BCUT2D eigenvalue weighted by Crippen LogP contribution is -2.57. The number of esters is 1. The van der Waals surface area contributed by atoms with E-state index in [-0.39, 0.29) is 11.5 Å². The molecule has 1 unspecified atom stereocenters. The third-order valence-corrected chi connectivity index (χ3v) is 10.1. The Kier molecular flexibility index (Phi) is 3.30. The lowest BCUT2D eigenvalue weighted by molar-refractivity contribution is -0.156. The Bertz CT molecular complexity index is 552. The first kappa shape index (κ1) is 14.8. The molecule has 0 aromatic heterocycles. The van der Waals surface area contributed by atoms with Crippen LogP contribution in [-0.4, -0.2) is 31.4 Å². The summed E-state index contributed by atoms with van der Waals surface area (Å²) in [6.07, 6.45) is 2.35. The molecule has 3 nitrogen and oxygen atoms in total. The zero-order chi connectivity index (χ0) is 15.3. The molecule has 1 aliphatic carbocycles. The monoisotopic (exact) mass is 304 g/mol. The van der Waals surface area contributed by atoms with E-state index >= 15 is 0 Å². The van der Waals surface area contributed by atoms with Crippen molar-refractivity contribution in [2.24, 2.45) is 5.41 Å². The molecule has 0 bridgehead atoms. The van der Waals surface area contributed by atoms with Crippen molar-refractivity contribution >= 4 is 19.2 Å². The second-order valence-electron chi connectivity index (χ2n) is 7.34. The fraction of sp³-hybridized carbons (Fsp3) is 0.588. The average molecular weight is 304 g/mol. The quantitative estimate of drug-likeness (QED) is 0.674. The van der Waals surface area contributed by atoms with E-state index < -0.39 is 19.1 Å². The number of aliphatic hydroxyl groups is 1. The lowest BCUT2D eigenvalue weighted by Gasteiger charge is -2.43. The van der Waals surface area contributed by atoms with Gasteiger partial charge in [-0.15, -0.1) is 0 Å². The predicted molar refractivity (Wildman–Crippen MR) is 85.2 cm³/mol. The van der Waals surface area contributed by atoms with E-state index in [0.29, 0.717) is 13.0 Å². The second kappa shape index (κ2) is 4.68. The maximum Gasteiger partial charge on any atom is 0.315 e. The number of ether oxygens (including phenoxy) is 1. The first-order chi connectivity index (χ1) is 9.82. The minimum Gasteiger partial charge on any atom is -0.465 e. The minimum absolute atomic E-state index is 0.136. The van der Waals surface area contributed by atoms with Gasteiger partial charge in [-0.3, -0.25) is 4.79 Å². The highest BCUT2D eigenvalue weighted by molar-refractivity contribution is 6.91. The summed E-state index contributed by atoms with van der Waals surface area (Å²) >= 11 is 0. The molecule has 3 rings (SSSR count). The highest BCUT2D eigenvalue weighted by Crippen LogP contribution is 2.60. The molecule has 21 heavy (non-hydrogen) atoms. The van der Waals surface area contributed by atoms with Gasteiger partial charge in [-0.1, -0.05) is 48.6 Å². The van der Waals surface area contributed by atoms with E-state index in [1.807, 2.05) is 13.0 Å². The van der Waals surface area contributed by atoms with E-state index in [1.165, 1.54) is 5.19 Å². The van der Waals surface area contributed by atoms with Gasteiger partial charge in [0, 0.05) is 5.54 Å². The molecule has 1 aromatic carbocycles. The molecule has 1 aliphatic heterocycles. The largest absolute Gasteiger partial charge is 0.465 e. The minimum atomic E-state index is -1.92. The summed E-state index contributed by atoms with van der Waals surface area (Å²) < 4.78 is 5.48. The first-order valence-corrected chi connectivity index (χ1v) is 10.9. The van der Waals surface area contributed by atoms with E-state index in [0.717, 1.165) is 12.8 Å². The molecule has 3 atom stereocenters. The van der Waals surface area contributed by atoms with Crippen molar-refractivity contribution in [1.29, 1.82) is 0 Å². The van der Waals surface area contributed by atoms with Crippen molar-refractivity contribution in [2.45, 2.75) is 50.4 Å². The molecule has 0 amide bonds. The van der Waals surface area contributed by atoms with Crippen LogP contribution in [-0.2, 0) is 9.53 Å². The fourth-order valence-electron chi connectivity index (χ4n) is 4.54. The molecule has 114 valence electrons. The maximum atomic E-state index is 12.5. The van der Waals surface area contributed by atoms with Crippen LogP contribution in [0.2, 0.25) is 18.6 Å². The van der Waals surface area contributed by atoms with Crippen molar-refractivity contribution in [3.8, 4) is 0 Å². The Balaban J connectivity index is 2.07. The van der Waals surface area contributed by atoms with Crippen molar-refractivity contribution in [1.82, 2.24) is 0 Å².